The third-order valence-electron chi connectivity index (χ3n) is 1.75. The highest BCUT2D eigenvalue weighted by Gasteiger charge is 2.08. The molecule has 0 aromatic carbocycles. The maximum atomic E-state index is 5.70. The Balaban J connectivity index is 2.93. The van der Waals surface area contributed by atoms with Gasteiger partial charge < -0.3 is 5.73 Å². The van der Waals surface area contributed by atoms with E-state index in [2.05, 4.69) is 15.3 Å². The van der Waals surface area contributed by atoms with Gasteiger partial charge in [0.2, 0.25) is 5.65 Å². The summed E-state index contributed by atoms with van der Waals surface area (Å²) in [6, 6.07) is 0. The fourth-order valence-corrected chi connectivity index (χ4v) is 1.07. The van der Waals surface area contributed by atoms with E-state index in [1.165, 1.54) is 0 Å². The molecule has 2 heterocycles. The Morgan fingerprint density at radius 2 is 2.09 bits per heavy atom. The molecule has 2 aromatic rings. The van der Waals surface area contributed by atoms with Crippen molar-refractivity contribution in [3.8, 4) is 0 Å². The number of nitrogen functional groups attached to an aromatic ring is 1. The van der Waals surface area contributed by atoms with Crippen LogP contribution < -0.4 is 5.73 Å². The van der Waals surface area contributed by atoms with Crippen LogP contribution in [0.15, 0.2) is 0 Å². The van der Waals surface area contributed by atoms with Crippen LogP contribution in [0.5, 0.6) is 0 Å². The average molecular weight is 151 g/mol. The minimum absolute atomic E-state index is 0.672. The molecule has 0 fully saturated rings. The molecule has 0 atom stereocenters. The fourth-order valence-electron chi connectivity index (χ4n) is 1.07. The van der Waals surface area contributed by atoms with Gasteiger partial charge in [-0.05, 0) is 13.8 Å². The Bertz CT molecular complexity index is 396. The summed E-state index contributed by atoms with van der Waals surface area (Å²) in [5.74, 6) is 0.819. The molecule has 2 aromatic heterocycles. The summed E-state index contributed by atoms with van der Waals surface area (Å²) in [4.78, 5) is 0. The zero-order valence-electron chi connectivity index (χ0n) is 6.42. The lowest BCUT2D eigenvalue weighted by atomic mass is 10.4. The summed E-state index contributed by atoms with van der Waals surface area (Å²) in [5, 5.41) is 10.8. The Labute approximate surface area is 63.2 Å². The highest BCUT2D eigenvalue weighted by Crippen LogP contribution is 2.15. The average Bonchev–Trinajstić information content (AvgIpc) is 2.43. The van der Waals surface area contributed by atoms with Crippen LogP contribution in [0.1, 0.15) is 11.5 Å². The molecular formula is C6H9N5. The number of H-pyrrole nitrogens is 1. The molecule has 0 aliphatic rings. The van der Waals surface area contributed by atoms with Gasteiger partial charge in [0, 0.05) is 0 Å². The minimum Gasteiger partial charge on any atom is -0.394 e. The monoisotopic (exact) mass is 151 g/mol. The summed E-state index contributed by atoms with van der Waals surface area (Å²) in [6.45, 7) is 3.78. The van der Waals surface area contributed by atoms with Gasteiger partial charge in [-0.15, -0.1) is 10.2 Å². The van der Waals surface area contributed by atoms with Crippen molar-refractivity contribution in [2.75, 3.05) is 5.73 Å². The van der Waals surface area contributed by atoms with Crippen molar-refractivity contribution in [1.82, 2.24) is 19.8 Å². The molecule has 2 rings (SSSR count). The van der Waals surface area contributed by atoms with Crippen molar-refractivity contribution >= 4 is 11.3 Å². The van der Waals surface area contributed by atoms with Crippen molar-refractivity contribution in [2.24, 2.45) is 0 Å². The zero-order valence-corrected chi connectivity index (χ0v) is 6.42. The first-order valence-electron chi connectivity index (χ1n) is 3.36. The molecule has 0 unspecified atom stereocenters. The number of rotatable bonds is 0. The van der Waals surface area contributed by atoms with E-state index in [0.29, 0.717) is 11.3 Å². The molecule has 11 heavy (non-hydrogen) atoms. The Hall–Kier alpha value is -1.52. The molecule has 0 saturated carbocycles. The smallest absolute Gasteiger partial charge is 0.200 e. The van der Waals surface area contributed by atoms with E-state index in [1.54, 1.807) is 4.52 Å². The van der Waals surface area contributed by atoms with E-state index in [9.17, 15) is 0 Å². The number of fused-ring (bicyclic) bond motifs is 1. The van der Waals surface area contributed by atoms with E-state index in [1.807, 2.05) is 13.8 Å². The number of nitrogens with two attached hydrogens (primary N) is 1. The largest absolute Gasteiger partial charge is 0.394 e. The first-order valence-corrected chi connectivity index (χ1v) is 3.36. The maximum absolute atomic E-state index is 5.70. The molecule has 0 saturated heterocycles. The molecule has 0 aliphatic carbocycles. The number of aromatic amines is 1. The Kier molecular flexibility index (Phi) is 0.986. The van der Waals surface area contributed by atoms with Crippen molar-refractivity contribution in [1.29, 1.82) is 0 Å². The van der Waals surface area contributed by atoms with Crippen LogP contribution in [0.3, 0.4) is 0 Å². The zero-order chi connectivity index (χ0) is 8.01. The fraction of sp³-hybridized carbons (Fsp3) is 0.333. The molecule has 0 amide bonds. The van der Waals surface area contributed by atoms with Crippen LogP contribution >= 0.6 is 0 Å². The third-order valence-corrected chi connectivity index (χ3v) is 1.75. The van der Waals surface area contributed by atoms with Gasteiger partial charge in [-0.25, -0.2) is 4.52 Å². The molecule has 5 heteroatoms. The predicted octanol–water partition coefficient (Wildman–Crippen LogP) is 0.256. The number of aromatic nitrogens is 4. The van der Waals surface area contributed by atoms with Gasteiger partial charge in [-0.2, -0.15) is 0 Å². The van der Waals surface area contributed by atoms with Gasteiger partial charge in [-0.3, -0.25) is 5.10 Å². The van der Waals surface area contributed by atoms with Gasteiger partial charge in [0.1, 0.15) is 5.82 Å². The van der Waals surface area contributed by atoms with Gasteiger partial charge >= 0.3 is 0 Å². The number of nitrogens with zero attached hydrogens (tertiary/aromatic N) is 3. The second-order valence-corrected chi connectivity index (χ2v) is 2.56. The number of hydrogen-bond donors (Lipinski definition) is 2. The molecule has 0 spiro atoms. The molecule has 0 radical (unpaired) electrons. The molecule has 58 valence electrons. The van der Waals surface area contributed by atoms with E-state index in [4.69, 9.17) is 5.73 Å². The normalized spacial score (nSPS) is 11.1. The van der Waals surface area contributed by atoms with Crippen molar-refractivity contribution in [3.63, 3.8) is 0 Å². The van der Waals surface area contributed by atoms with Gasteiger partial charge in [-0.1, -0.05) is 0 Å². The van der Waals surface area contributed by atoms with Crippen LogP contribution in [0.4, 0.5) is 5.69 Å². The summed E-state index contributed by atoms with van der Waals surface area (Å²) >= 11 is 0. The second-order valence-electron chi connectivity index (χ2n) is 2.56. The molecule has 0 bridgehead atoms. The quantitative estimate of drug-likeness (QED) is 0.567. The molecule has 5 nitrogen and oxygen atoms in total. The first kappa shape index (κ1) is 6.21. The Morgan fingerprint density at radius 3 is 2.73 bits per heavy atom. The highest BCUT2D eigenvalue weighted by atomic mass is 15.4. The lowest BCUT2D eigenvalue weighted by molar-refractivity contribution is 0.876. The third kappa shape index (κ3) is 0.646. The van der Waals surface area contributed by atoms with Crippen molar-refractivity contribution in [3.05, 3.63) is 11.5 Å². The van der Waals surface area contributed by atoms with Gasteiger partial charge in [0.05, 0.1) is 11.4 Å². The van der Waals surface area contributed by atoms with E-state index < -0.39 is 0 Å². The lowest BCUT2D eigenvalue weighted by Crippen LogP contribution is -1.87. The summed E-state index contributed by atoms with van der Waals surface area (Å²) in [7, 11) is 0. The van der Waals surface area contributed by atoms with E-state index >= 15 is 0 Å². The summed E-state index contributed by atoms with van der Waals surface area (Å²) in [5.41, 5.74) is 8.01. The summed E-state index contributed by atoms with van der Waals surface area (Å²) < 4.78 is 1.77. The SMILES string of the molecule is Cc1[nH]n2c(C)nnc2c1N. The standard InChI is InChI=1S/C6H9N5/c1-3-5(7)6-9-8-4(2)11(6)10-3/h10H,7H2,1-2H3. The molecular weight excluding hydrogens is 142 g/mol. The number of aryl methyl sites for hydroxylation is 2. The number of nitrogens with one attached hydrogen (secondary N) is 1. The number of anilines is 1. The van der Waals surface area contributed by atoms with E-state index in [-0.39, 0.29) is 0 Å². The van der Waals surface area contributed by atoms with Gasteiger partial charge in [0.25, 0.3) is 0 Å². The minimum atomic E-state index is 0.672. The number of hydrogen-bond acceptors (Lipinski definition) is 3. The van der Waals surface area contributed by atoms with Crippen molar-refractivity contribution in [2.45, 2.75) is 13.8 Å². The lowest BCUT2D eigenvalue weighted by Gasteiger charge is -1.84. The maximum Gasteiger partial charge on any atom is 0.200 e. The van der Waals surface area contributed by atoms with Crippen LogP contribution in [-0.4, -0.2) is 19.8 Å². The van der Waals surface area contributed by atoms with Gasteiger partial charge in [0.15, 0.2) is 0 Å². The molecule has 3 N–H and O–H groups in total. The molecule has 0 aliphatic heterocycles. The van der Waals surface area contributed by atoms with Crippen LogP contribution in [0.25, 0.3) is 5.65 Å². The van der Waals surface area contributed by atoms with Crippen LogP contribution in [0, 0.1) is 13.8 Å². The van der Waals surface area contributed by atoms with Crippen molar-refractivity contribution < 1.29 is 0 Å². The Morgan fingerprint density at radius 1 is 1.36 bits per heavy atom. The second kappa shape index (κ2) is 1.75. The predicted molar refractivity (Wildman–Crippen MR) is 41.2 cm³/mol. The highest BCUT2D eigenvalue weighted by molar-refractivity contribution is 5.66. The van der Waals surface area contributed by atoms with E-state index in [0.717, 1.165) is 11.5 Å². The summed E-state index contributed by atoms with van der Waals surface area (Å²) in [6.07, 6.45) is 0. The topological polar surface area (TPSA) is 72.0 Å². The van der Waals surface area contributed by atoms with Crippen LogP contribution in [-0.2, 0) is 0 Å². The van der Waals surface area contributed by atoms with Crippen LogP contribution in [0.2, 0.25) is 0 Å². The first-order chi connectivity index (χ1) is 5.20.